The highest BCUT2D eigenvalue weighted by Crippen LogP contribution is 2.37. The second-order valence-corrected chi connectivity index (χ2v) is 4.06. The number of nitrogens with two attached hydrogens (primary N) is 1. The van der Waals surface area contributed by atoms with Crippen molar-refractivity contribution in [3.05, 3.63) is 23.3 Å². The fraction of sp³-hybridized carbons (Fsp3) is 0.500. The van der Waals surface area contributed by atoms with Crippen molar-refractivity contribution in [2.45, 2.75) is 32.4 Å². The van der Waals surface area contributed by atoms with E-state index in [2.05, 4.69) is 0 Å². The molecule has 16 heavy (non-hydrogen) atoms. The van der Waals surface area contributed by atoms with Gasteiger partial charge in [-0.15, -0.1) is 0 Å². The van der Waals surface area contributed by atoms with Gasteiger partial charge < -0.3 is 20.3 Å². The third kappa shape index (κ3) is 1.86. The lowest BCUT2D eigenvalue weighted by atomic mass is 9.96. The summed E-state index contributed by atoms with van der Waals surface area (Å²) in [4.78, 5) is 0. The molecule has 2 unspecified atom stereocenters. The number of hydrogen-bond donors (Lipinski definition) is 2. The van der Waals surface area contributed by atoms with Crippen molar-refractivity contribution in [3.8, 4) is 11.5 Å². The normalized spacial score (nSPS) is 17.2. The zero-order chi connectivity index (χ0) is 11.7. The molecule has 3 N–H and O–H groups in total. The summed E-state index contributed by atoms with van der Waals surface area (Å²) in [7, 11) is 0. The van der Waals surface area contributed by atoms with E-state index in [1.54, 1.807) is 6.92 Å². The van der Waals surface area contributed by atoms with Gasteiger partial charge in [-0.2, -0.15) is 0 Å². The maximum Gasteiger partial charge on any atom is 0.231 e. The molecule has 0 aliphatic carbocycles. The molecule has 1 aromatic rings. The van der Waals surface area contributed by atoms with Crippen molar-refractivity contribution < 1.29 is 14.6 Å². The average molecular weight is 223 g/mol. The summed E-state index contributed by atoms with van der Waals surface area (Å²) >= 11 is 0. The lowest BCUT2D eigenvalue weighted by molar-refractivity contribution is 0.151. The smallest absolute Gasteiger partial charge is 0.231 e. The molecule has 88 valence electrons. The molecule has 0 fully saturated rings. The molecule has 1 aliphatic rings. The van der Waals surface area contributed by atoms with Crippen LogP contribution in [0.5, 0.6) is 11.5 Å². The quantitative estimate of drug-likeness (QED) is 0.812. The lowest BCUT2D eigenvalue weighted by Crippen LogP contribution is -2.25. The van der Waals surface area contributed by atoms with Gasteiger partial charge in [0.05, 0.1) is 6.10 Å². The third-order valence-corrected chi connectivity index (χ3v) is 2.83. The van der Waals surface area contributed by atoms with Crippen LogP contribution in [-0.4, -0.2) is 17.9 Å². The van der Waals surface area contributed by atoms with E-state index >= 15 is 0 Å². The average Bonchev–Trinajstić information content (AvgIpc) is 2.72. The van der Waals surface area contributed by atoms with Gasteiger partial charge in [0.1, 0.15) is 0 Å². The van der Waals surface area contributed by atoms with Crippen LogP contribution in [0.4, 0.5) is 0 Å². The summed E-state index contributed by atoms with van der Waals surface area (Å²) in [6.45, 7) is 4.07. The maximum absolute atomic E-state index is 10.0. The molecule has 4 nitrogen and oxygen atoms in total. The Hall–Kier alpha value is -1.26. The topological polar surface area (TPSA) is 64.7 Å². The Labute approximate surface area is 95.0 Å². The molecule has 0 saturated carbocycles. The van der Waals surface area contributed by atoms with E-state index in [9.17, 15) is 5.11 Å². The first kappa shape index (κ1) is 11.2. The Balaban J connectivity index is 2.43. The molecule has 1 aliphatic heterocycles. The number of rotatable bonds is 3. The number of aliphatic hydroxyl groups excluding tert-OH is 1. The van der Waals surface area contributed by atoms with Crippen LogP contribution in [0, 0.1) is 0 Å². The highest BCUT2D eigenvalue weighted by Gasteiger charge is 2.22. The van der Waals surface area contributed by atoms with Gasteiger partial charge in [-0.25, -0.2) is 0 Å². The maximum atomic E-state index is 10.0. The summed E-state index contributed by atoms with van der Waals surface area (Å²) in [5.74, 6) is 1.43. The van der Waals surface area contributed by atoms with Gasteiger partial charge in [-0.3, -0.25) is 0 Å². The number of fused-ring (bicyclic) bond motifs is 1. The minimum absolute atomic E-state index is 0.246. The van der Waals surface area contributed by atoms with E-state index < -0.39 is 6.10 Å². The Morgan fingerprint density at radius 1 is 1.38 bits per heavy atom. The lowest BCUT2D eigenvalue weighted by Gasteiger charge is -2.18. The summed E-state index contributed by atoms with van der Waals surface area (Å²) in [5.41, 5.74) is 7.60. The highest BCUT2D eigenvalue weighted by atomic mass is 16.7. The first-order valence-corrected chi connectivity index (χ1v) is 5.49. The highest BCUT2D eigenvalue weighted by molar-refractivity contribution is 5.49. The molecule has 1 aromatic carbocycles. The molecule has 1 heterocycles. The van der Waals surface area contributed by atoms with Gasteiger partial charge in [-0.05, 0) is 36.6 Å². The molecule has 0 saturated heterocycles. The Morgan fingerprint density at radius 2 is 2.00 bits per heavy atom. The van der Waals surface area contributed by atoms with Gasteiger partial charge in [0, 0.05) is 6.04 Å². The van der Waals surface area contributed by atoms with Gasteiger partial charge in [-0.1, -0.05) is 6.92 Å². The van der Waals surface area contributed by atoms with E-state index in [1.165, 1.54) is 0 Å². The van der Waals surface area contributed by atoms with Crippen LogP contribution in [0.15, 0.2) is 12.1 Å². The molecular weight excluding hydrogens is 206 g/mol. The van der Waals surface area contributed by atoms with Gasteiger partial charge in [0.25, 0.3) is 0 Å². The predicted molar refractivity (Wildman–Crippen MR) is 60.6 cm³/mol. The number of ether oxygens (including phenoxy) is 2. The van der Waals surface area contributed by atoms with Crippen LogP contribution in [0.1, 0.15) is 31.1 Å². The van der Waals surface area contributed by atoms with Crippen molar-refractivity contribution in [2.24, 2.45) is 5.73 Å². The van der Waals surface area contributed by atoms with E-state index in [0.29, 0.717) is 5.75 Å². The van der Waals surface area contributed by atoms with Crippen molar-refractivity contribution in [1.82, 2.24) is 0 Å². The van der Waals surface area contributed by atoms with E-state index in [0.717, 1.165) is 23.3 Å². The number of aryl methyl sites for hydroxylation is 1. The fourth-order valence-corrected chi connectivity index (χ4v) is 1.86. The summed E-state index contributed by atoms with van der Waals surface area (Å²) in [5, 5.41) is 10.0. The zero-order valence-electron chi connectivity index (χ0n) is 9.56. The molecule has 4 heteroatoms. The second kappa shape index (κ2) is 4.31. The monoisotopic (exact) mass is 223 g/mol. The molecule has 0 spiro atoms. The predicted octanol–water partition coefficient (Wildman–Crippen LogP) is 1.36. The first-order chi connectivity index (χ1) is 7.63. The number of aliphatic hydroxyl groups is 1. The number of benzene rings is 1. The van der Waals surface area contributed by atoms with Crippen LogP contribution in [0.3, 0.4) is 0 Å². The second-order valence-electron chi connectivity index (χ2n) is 4.06. The molecule has 2 rings (SSSR count). The molecule has 0 aromatic heterocycles. The molecule has 2 atom stereocenters. The summed E-state index contributed by atoms with van der Waals surface area (Å²) in [6.07, 6.45) is 0.167. The molecule has 0 amide bonds. The number of hydrogen-bond acceptors (Lipinski definition) is 4. The standard InChI is InChI=1S/C12H17NO3/c1-3-8-4-10-11(16-6-15-10)5-9(8)12(14)7(2)13/h4-5,7,12,14H,3,6,13H2,1-2H3. The van der Waals surface area contributed by atoms with E-state index in [4.69, 9.17) is 15.2 Å². The fourth-order valence-electron chi connectivity index (χ4n) is 1.86. The minimum Gasteiger partial charge on any atom is -0.454 e. The third-order valence-electron chi connectivity index (χ3n) is 2.83. The summed E-state index contributed by atoms with van der Waals surface area (Å²) < 4.78 is 10.6. The molecular formula is C12H17NO3. The van der Waals surface area contributed by atoms with Crippen molar-refractivity contribution in [3.63, 3.8) is 0 Å². The van der Waals surface area contributed by atoms with Crippen molar-refractivity contribution in [2.75, 3.05) is 6.79 Å². The zero-order valence-corrected chi connectivity index (χ0v) is 9.56. The van der Waals surface area contributed by atoms with Crippen LogP contribution >= 0.6 is 0 Å². The van der Waals surface area contributed by atoms with Crippen molar-refractivity contribution in [1.29, 1.82) is 0 Å². The van der Waals surface area contributed by atoms with Crippen LogP contribution in [0.25, 0.3) is 0 Å². The van der Waals surface area contributed by atoms with Crippen LogP contribution in [-0.2, 0) is 6.42 Å². The van der Waals surface area contributed by atoms with Gasteiger partial charge in [0.2, 0.25) is 6.79 Å². The summed E-state index contributed by atoms with van der Waals surface area (Å²) in [6, 6.07) is 3.45. The SMILES string of the molecule is CCc1cc2c(cc1C(O)C(C)N)OCO2. The minimum atomic E-state index is -0.663. The Kier molecular flexibility index (Phi) is 3.03. The van der Waals surface area contributed by atoms with Crippen molar-refractivity contribution >= 4 is 0 Å². The van der Waals surface area contributed by atoms with E-state index in [-0.39, 0.29) is 12.8 Å². The molecule has 0 radical (unpaired) electrons. The largest absolute Gasteiger partial charge is 0.454 e. The Bertz CT molecular complexity index is 390. The van der Waals surface area contributed by atoms with Crippen LogP contribution in [0.2, 0.25) is 0 Å². The van der Waals surface area contributed by atoms with Gasteiger partial charge in [0.15, 0.2) is 11.5 Å². The van der Waals surface area contributed by atoms with E-state index in [1.807, 2.05) is 19.1 Å². The first-order valence-electron chi connectivity index (χ1n) is 5.49. The van der Waals surface area contributed by atoms with Crippen LogP contribution < -0.4 is 15.2 Å². The molecule has 0 bridgehead atoms. The van der Waals surface area contributed by atoms with Gasteiger partial charge >= 0.3 is 0 Å². The Morgan fingerprint density at radius 3 is 2.56 bits per heavy atom.